The zero-order valence-corrected chi connectivity index (χ0v) is 16.6. The van der Waals surface area contributed by atoms with Gasteiger partial charge in [-0.1, -0.05) is 29.8 Å². The number of aryl methyl sites for hydroxylation is 1. The summed E-state index contributed by atoms with van der Waals surface area (Å²) < 4.78 is 5.56. The summed E-state index contributed by atoms with van der Waals surface area (Å²) in [6.07, 6.45) is 1.59. The highest BCUT2D eigenvalue weighted by atomic mass is 35.5. The normalized spacial score (nSPS) is 10.9. The van der Waals surface area contributed by atoms with Crippen molar-refractivity contribution in [3.63, 3.8) is 0 Å². The van der Waals surface area contributed by atoms with E-state index in [0.717, 1.165) is 38.6 Å². The van der Waals surface area contributed by atoms with Gasteiger partial charge < -0.3 is 10.1 Å². The molecule has 2 aromatic carbocycles. The number of anilines is 2. The molecule has 2 aromatic heterocycles. The number of benzene rings is 2. The van der Waals surface area contributed by atoms with Gasteiger partial charge >= 0.3 is 0 Å². The second-order valence-corrected chi connectivity index (χ2v) is 7.67. The van der Waals surface area contributed by atoms with Crippen LogP contribution in [0.1, 0.15) is 11.8 Å². The molecule has 4 rings (SSSR count). The molecule has 136 valence electrons. The summed E-state index contributed by atoms with van der Waals surface area (Å²) in [6, 6.07) is 15.8. The molecule has 0 unspecified atom stereocenters. The number of nitrogens with zero attached hydrogens (tertiary/aromatic N) is 2. The van der Waals surface area contributed by atoms with Crippen LogP contribution in [-0.2, 0) is 0 Å². The first-order valence-corrected chi connectivity index (χ1v) is 9.85. The largest absolute Gasteiger partial charge is 0.494 e. The Morgan fingerprint density at radius 2 is 1.93 bits per heavy atom. The maximum Gasteiger partial charge on any atom is 0.143 e. The quantitative estimate of drug-likeness (QED) is 0.421. The van der Waals surface area contributed by atoms with E-state index < -0.39 is 0 Å². The molecule has 4 nitrogen and oxygen atoms in total. The first-order chi connectivity index (χ1) is 13.2. The van der Waals surface area contributed by atoms with Crippen LogP contribution in [0, 0.1) is 6.92 Å². The summed E-state index contributed by atoms with van der Waals surface area (Å²) in [7, 11) is 0. The highest BCUT2D eigenvalue weighted by Crippen LogP contribution is 2.41. The Labute approximate surface area is 166 Å². The molecule has 0 aliphatic carbocycles. The van der Waals surface area contributed by atoms with Gasteiger partial charge in [0.15, 0.2) is 0 Å². The fourth-order valence-corrected chi connectivity index (χ4v) is 4.28. The van der Waals surface area contributed by atoms with Crippen LogP contribution < -0.4 is 10.1 Å². The lowest BCUT2D eigenvalue weighted by molar-refractivity contribution is 0.340. The second kappa shape index (κ2) is 7.55. The number of hydrogen-bond acceptors (Lipinski definition) is 5. The Balaban J connectivity index is 1.82. The first kappa shape index (κ1) is 17.8. The molecule has 0 radical (unpaired) electrons. The van der Waals surface area contributed by atoms with E-state index in [1.165, 1.54) is 4.88 Å². The van der Waals surface area contributed by atoms with E-state index in [-0.39, 0.29) is 0 Å². The summed E-state index contributed by atoms with van der Waals surface area (Å²) in [6.45, 7) is 4.75. The van der Waals surface area contributed by atoms with Crippen molar-refractivity contribution < 1.29 is 4.74 Å². The lowest BCUT2D eigenvalue weighted by Gasteiger charge is -2.10. The average Bonchev–Trinajstić information content (AvgIpc) is 3.00. The number of nitrogens with one attached hydrogen (secondary N) is 1. The summed E-state index contributed by atoms with van der Waals surface area (Å²) in [5, 5.41) is 5.09. The predicted octanol–water partition coefficient (Wildman–Crippen LogP) is 6.46. The first-order valence-electron chi connectivity index (χ1n) is 8.65. The summed E-state index contributed by atoms with van der Waals surface area (Å²) in [4.78, 5) is 11.1. The van der Waals surface area contributed by atoms with Gasteiger partial charge in [-0.2, -0.15) is 0 Å². The number of fused-ring (bicyclic) bond motifs is 1. The maximum atomic E-state index is 6.12. The zero-order chi connectivity index (χ0) is 18.8. The predicted molar refractivity (Wildman–Crippen MR) is 113 cm³/mol. The monoisotopic (exact) mass is 395 g/mol. The van der Waals surface area contributed by atoms with Crippen LogP contribution in [0.5, 0.6) is 5.75 Å². The molecular weight excluding hydrogens is 378 g/mol. The van der Waals surface area contributed by atoms with Crippen molar-refractivity contribution in [1.29, 1.82) is 0 Å². The van der Waals surface area contributed by atoms with Crippen LogP contribution in [0.3, 0.4) is 0 Å². The van der Waals surface area contributed by atoms with Gasteiger partial charge in [-0.15, -0.1) is 11.3 Å². The molecule has 0 saturated heterocycles. The zero-order valence-electron chi connectivity index (χ0n) is 15.0. The van der Waals surface area contributed by atoms with E-state index >= 15 is 0 Å². The van der Waals surface area contributed by atoms with Gasteiger partial charge in [0.05, 0.1) is 12.0 Å². The van der Waals surface area contributed by atoms with Gasteiger partial charge in [-0.25, -0.2) is 9.97 Å². The Morgan fingerprint density at radius 3 is 2.67 bits per heavy atom. The molecule has 0 saturated carbocycles. The van der Waals surface area contributed by atoms with Gasteiger partial charge in [0.2, 0.25) is 0 Å². The Kier molecular flexibility index (Phi) is 4.97. The van der Waals surface area contributed by atoms with E-state index in [1.807, 2.05) is 43.3 Å². The van der Waals surface area contributed by atoms with Gasteiger partial charge in [0, 0.05) is 21.2 Å². The van der Waals surface area contributed by atoms with Crippen molar-refractivity contribution >= 4 is 44.7 Å². The standard InChI is InChI=1S/C21H18ClN3OS/c1-3-26-17-9-7-14(8-10-17)18-13(2)27-21-19(18)20(23-12-24-21)25-16-6-4-5-15(22)11-16/h4-12H,3H2,1-2H3,(H,23,24,25). The fourth-order valence-electron chi connectivity index (χ4n) is 3.07. The number of hydrogen-bond donors (Lipinski definition) is 1. The Morgan fingerprint density at radius 1 is 1.11 bits per heavy atom. The molecule has 0 amide bonds. The minimum Gasteiger partial charge on any atom is -0.494 e. The Bertz CT molecular complexity index is 1090. The minimum absolute atomic E-state index is 0.654. The van der Waals surface area contributed by atoms with Crippen molar-refractivity contribution in [3.05, 3.63) is 64.8 Å². The number of aromatic nitrogens is 2. The third-order valence-corrected chi connectivity index (χ3v) is 5.45. The SMILES string of the molecule is CCOc1ccc(-c2c(C)sc3ncnc(Nc4cccc(Cl)c4)c23)cc1. The highest BCUT2D eigenvalue weighted by molar-refractivity contribution is 7.19. The van der Waals surface area contributed by atoms with Crippen molar-refractivity contribution in [2.24, 2.45) is 0 Å². The molecule has 6 heteroatoms. The van der Waals surface area contributed by atoms with Crippen molar-refractivity contribution in [3.8, 4) is 16.9 Å². The smallest absolute Gasteiger partial charge is 0.143 e. The van der Waals surface area contributed by atoms with Gasteiger partial charge in [-0.3, -0.25) is 0 Å². The summed E-state index contributed by atoms with van der Waals surface area (Å²) >= 11 is 7.79. The highest BCUT2D eigenvalue weighted by Gasteiger charge is 2.17. The van der Waals surface area contributed by atoms with Crippen LogP contribution in [0.4, 0.5) is 11.5 Å². The van der Waals surface area contributed by atoms with Gasteiger partial charge in [-0.05, 0) is 49.7 Å². The van der Waals surface area contributed by atoms with Crippen molar-refractivity contribution in [1.82, 2.24) is 9.97 Å². The summed E-state index contributed by atoms with van der Waals surface area (Å²) in [5.41, 5.74) is 3.15. The lowest BCUT2D eigenvalue weighted by Crippen LogP contribution is -1.96. The van der Waals surface area contributed by atoms with Crippen LogP contribution >= 0.6 is 22.9 Å². The maximum absolute atomic E-state index is 6.12. The van der Waals surface area contributed by atoms with E-state index in [0.29, 0.717) is 11.6 Å². The third kappa shape index (κ3) is 3.61. The summed E-state index contributed by atoms with van der Waals surface area (Å²) in [5.74, 6) is 1.64. The van der Waals surface area contributed by atoms with Crippen LogP contribution in [0.2, 0.25) is 5.02 Å². The van der Waals surface area contributed by atoms with Gasteiger partial charge in [0.1, 0.15) is 22.7 Å². The molecule has 0 aliphatic rings. The van der Waals surface area contributed by atoms with E-state index in [1.54, 1.807) is 17.7 Å². The number of halogens is 1. The molecule has 0 aliphatic heterocycles. The molecular formula is C21H18ClN3OS. The van der Waals surface area contributed by atoms with Gasteiger partial charge in [0.25, 0.3) is 0 Å². The van der Waals surface area contributed by atoms with Crippen molar-refractivity contribution in [2.45, 2.75) is 13.8 Å². The average molecular weight is 396 g/mol. The lowest BCUT2D eigenvalue weighted by atomic mass is 10.0. The molecule has 0 spiro atoms. The van der Waals surface area contributed by atoms with Crippen LogP contribution in [-0.4, -0.2) is 16.6 Å². The van der Waals surface area contributed by atoms with E-state index in [9.17, 15) is 0 Å². The number of rotatable bonds is 5. The topological polar surface area (TPSA) is 47.0 Å². The Hall–Kier alpha value is -2.63. The molecule has 0 atom stereocenters. The molecule has 2 heterocycles. The van der Waals surface area contributed by atoms with Crippen LogP contribution in [0.25, 0.3) is 21.3 Å². The fraction of sp³-hybridized carbons (Fsp3) is 0.143. The molecule has 0 bridgehead atoms. The second-order valence-electron chi connectivity index (χ2n) is 6.03. The number of thiophene rings is 1. The van der Waals surface area contributed by atoms with Crippen LogP contribution in [0.15, 0.2) is 54.9 Å². The molecule has 1 N–H and O–H groups in total. The molecule has 4 aromatic rings. The minimum atomic E-state index is 0.654. The third-order valence-electron chi connectivity index (χ3n) is 4.21. The van der Waals surface area contributed by atoms with E-state index in [4.69, 9.17) is 16.3 Å². The van der Waals surface area contributed by atoms with E-state index in [2.05, 4.69) is 34.3 Å². The van der Waals surface area contributed by atoms with Crippen molar-refractivity contribution in [2.75, 3.05) is 11.9 Å². The molecule has 27 heavy (non-hydrogen) atoms. The molecule has 0 fully saturated rings. The number of ether oxygens (including phenoxy) is 1.